The number of non-ortho nitro benzene ring substituents is 1. The molecule has 3 aromatic rings. The summed E-state index contributed by atoms with van der Waals surface area (Å²) >= 11 is 0. The minimum Gasteiger partial charge on any atom is -0.494 e. The van der Waals surface area contributed by atoms with Gasteiger partial charge in [-0.05, 0) is 72.9 Å². The molecule has 0 radical (unpaired) electrons. The number of hydrogen-bond donors (Lipinski definition) is 2. The Hall–Kier alpha value is -3.85. The molecule has 2 aliphatic rings. The number of benzene rings is 3. The first-order valence-electron chi connectivity index (χ1n) is 11.4. The Morgan fingerprint density at radius 3 is 2.66 bits per heavy atom. The second-order valence-corrected chi connectivity index (χ2v) is 10.3. The summed E-state index contributed by atoms with van der Waals surface area (Å²) in [5, 5.41) is 14.8. The molecule has 0 fully saturated rings. The van der Waals surface area contributed by atoms with Crippen LogP contribution >= 0.6 is 0 Å². The largest absolute Gasteiger partial charge is 0.494 e. The first-order chi connectivity index (χ1) is 16.9. The normalized spacial score (nSPS) is 20.4. The van der Waals surface area contributed by atoms with E-state index in [1.54, 1.807) is 54.6 Å². The van der Waals surface area contributed by atoms with E-state index in [2.05, 4.69) is 22.2 Å². The van der Waals surface area contributed by atoms with Gasteiger partial charge < -0.3 is 10.1 Å². The van der Waals surface area contributed by atoms with Crippen LogP contribution in [0.3, 0.4) is 0 Å². The van der Waals surface area contributed by atoms with E-state index >= 15 is 0 Å². The molecule has 35 heavy (non-hydrogen) atoms. The van der Waals surface area contributed by atoms with Gasteiger partial charge in [0.1, 0.15) is 5.75 Å². The number of nitro groups is 1. The molecule has 5 rings (SSSR count). The van der Waals surface area contributed by atoms with Gasteiger partial charge in [-0.1, -0.05) is 24.3 Å². The van der Waals surface area contributed by atoms with Gasteiger partial charge in [0.05, 0.1) is 22.5 Å². The summed E-state index contributed by atoms with van der Waals surface area (Å²) < 4.78 is 34.3. The SMILES string of the molecule is CCOc1ccc(NS(=O)(=O)c2ccc3c(c2)[C@@H]2C=CC[C@H]2[C@@H](c2cccc([N+](=O)[O-])c2)N3)cc1. The number of fused-ring (bicyclic) bond motifs is 3. The maximum absolute atomic E-state index is 13.1. The lowest BCUT2D eigenvalue weighted by Crippen LogP contribution is -2.29. The van der Waals surface area contributed by atoms with Gasteiger partial charge in [0.25, 0.3) is 15.7 Å². The fraction of sp³-hybridized carbons (Fsp3) is 0.231. The maximum Gasteiger partial charge on any atom is 0.269 e. The highest BCUT2D eigenvalue weighted by atomic mass is 32.2. The summed E-state index contributed by atoms with van der Waals surface area (Å²) in [5.41, 5.74) is 3.08. The zero-order valence-electron chi connectivity index (χ0n) is 19.0. The Morgan fingerprint density at radius 2 is 1.91 bits per heavy atom. The number of ether oxygens (including phenoxy) is 1. The van der Waals surface area contributed by atoms with Crippen LogP contribution < -0.4 is 14.8 Å². The monoisotopic (exact) mass is 491 g/mol. The van der Waals surface area contributed by atoms with Crippen molar-refractivity contribution in [2.75, 3.05) is 16.6 Å². The molecule has 3 aromatic carbocycles. The van der Waals surface area contributed by atoms with E-state index in [0.29, 0.717) is 18.0 Å². The van der Waals surface area contributed by atoms with Gasteiger partial charge in [-0.2, -0.15) is 0 Å². The minimum absolute atomic E-state index is 0.0103. The Bertz CT molecular complexity index is 1400. The minimum atomic E-state index is -3.80. The van der Waals surface area contributed by atoms with E-state index < -0.39 is 10.0 Å². The summed E-state index contributed by atoms with van der Waals surface area (Å²) in [4.78, 5) is 11.1. The number of nitrogens with zero attached hydrogens (tertiary/aromatic N) is 1. The molecule has 180 valence electrons. The van der Waals surface area contributed by atoms with E-state index in [4.69, 9.17) is 4.74 Å². The van der Waals surface area contributed by atoms with Crippen molar-refractivity contribution in [3.63, 3.8) is 0 Å². The van der Waals surface area contributed by atoms with Crippen LogP contribution in [0.25, 0.3) is 0 Å². The molecular formula is C26H25N3O5S. The molecule has 0 amide bonds. The Kier molecular flexibility index (Phi) is 5.94. The number of nitrogens with one attached hydrogen (secondary N) is 2. The summed E-state index contributed by atoms with van der Waals surface area (Å²) in [6, 6.07) is 18.4. The Morgan fingerprint density at radius 1 is 1.11 bits per heavy atom. The highest BCUT2D eigenvalue weighted by Crippen LogP contribution is 2.50. The molecule has 3 atom stereocenters. The van der Waals surface area contributed by atoms with Crippen LogP contribution in [0.2, 0.25) is 0 Å². The Labute approximate surface area is 203 Å². The van der Waals surface area contributed by atoms with Crippen molar-refractivity contribution in [2.24, 2.45) is 5.92 Å². The molecule has 1 heterocycles. The topological polar surface area (TPSA) is 111 Å². The quantitative estimate of drug-likeness (QED) is 0.252. The number of nitro benzene ring substituents is 1. The van der Waals surface area contributed by atoms with Gasteiger partial charge >= 0.3 is 0 Å². The molecule has 0 aromatic heterocycles. The highest BCUT2D eigenvalue weighted by Gasteiger charge is 2.38. The van der Waals surface area contributed by atoms with Gasteiger partial charge in [0.2, 0.25) is 0 Å². The zero-order chi connectivity index (χ0) is 24.6. The van der Waals surface area contributed by atoms with E-state index in [-0.39, 0.29) is 33.4 Å². The van der Waals surface area contributed by atoms with Crippen molar-refractivity contribution in [1.82, 2.24) is 0 Å². The van der Waals surface area contributed by atoms with Gasteiger partial charge in [0.15, 0.2) is 0 Å². The van der Waals surface area contributed by atoms with Gasteiger partial charge in [-0.25, -0.2) is 8.42 Å². The molecule has 2 N–H and O–H groups in total. The number of rotatable bonds is 7. The molecule has 9 heteroatoms. The van der Waals surface area contributed by atoms with E-state index in [1.807, 2.05) is 13.0 Å². The zero-order valence-corrected chi connectivity index (χ0v) is 19.9. The average Bonchev–Trinajstić information content (AvgIpc) is 3.35. The smallest absolute Gasteiger partial charge is 0.269 e. The summed E-state index contributed by atoms with van der Waals surface area (Å²) in [5.74, 6) is 0.810. The number of anilines is 2. The van der Waals surface area contributed by atoms with E-state index in [1.165, 1.54) is 6.07 Å². The number of allylic oxidation sites excluding steroid dienone is 2. The van der Waals surface area contributed by atoms with Crippen molar-refractivity contribution in [1.29, 1.82) is 0 Å². The van der Waals surface area contributed by atoms with Crippen molar-refractivity contribution >= 4 is 27.1 Å². The molecule has 1 aliphatic carbocycles. The highest BCUT2D eigenvalue weighted by molar-refractivity contribution is 7.92. The second-order valence-electron chi connectivity index (χ2n) is 8.64. The molecule has 1 aliphatic heterocycles. The van der Waals surface area contributed by atoms with E-state index in [9.17, 15) is 18.5 Å². The standard InChI is InChI=1S/C26H25N3O5S/c1-2-34-20-11-9-18(10-12-20)28-35(32,33)21-13-14-25-24(16-21)22-7-4-8-23(22)26(27-25)17-5-3-6-19(15-17)29(30)31/h3-7,9-16,22-23,26-28H,2,8H2,1H3/t22-,23-,26-/m1/s1. The fourth-order valence-electron chi connectivity index (χ4n) is 4.90. The first-order valence-corrected chi connectivity index (χ1v) is 12.9. The molecule has 0 saturated carbocycles. The van der Waals surface area contributed by atoms with Crippen LogP contribution in [0.15, 0.2) is 83.8 Å². The summed E-state index contributed by atoms with van der Waals surface area (Å²) in [6.45, 7) is 2.42. The van der Waals surface area contributed by atoms with Crippen LogP contribution in [0.4, 0.5) is 17.1 Å². The first kappa shape index (κ1) is 22.9. The van der Waals surface area contributed by atoms with Crippen LogP contribution in [-0.4, -0.2) is 19.9 Å². The van der Waals surface area contributed by atoms with Crippen molar-refractivity contribution in [2.45, 2.75) is 30.2 Å². The van der Waals surface area contributed by atoms with Gasteiger partial charge in [-0.15, -0.1) is 0 Å². The predicted octanol–water partition coefficient (Wildman–Crippen LogP) is 5.62. The molecule has 0 bridgehead atoms. The van der Waals surface area contributed by atoms with E-state index in [0.717, 1.165) is 23.2 Å². The number of hydrogen-bond acceptors (Lipinski definition) is 6. The number of sulfonamides is 1. The summed E-state index contributed by atoms with van der Waals surface area (Å²) in [7, 11) is -3.80. The molecule has 0 unspecified atom stereocenters. The Balaban J connectivity index is 1.44. The van der Waals surface area contributed by atoms with Crippen molar-refractivity contribution in [3.05, 3.63) is 100 Å². The predicted molar refractivity (Wildman–Crippen MR) is 134 cm³/mol. The molecule has 0 saturated heterocycles. The average molecular weight is 492 g/mol. The van der Waals surface area contributed by atoms with Crippen LogP contribution in [0, 0.1) is 16.0 Å². The summed E-state index contributed by atoms with van der Waals surface area (Å²) in [6.07, 6.45) is 4.99. The third-order valence-corrected chi connectivity index (χ3v) is 7.88. The van der Waals surface area contributed by atoms with Crippen LogP contribution in [0.1, 0.15) is 36.4 Å². The van der Waals surface area contributed by atoms with Crippen molar-refractivity contribution < 1.29 is 18.1 Å². The van der Waals surface area contributed by atoms with Gasteiger partial charge in [-0.3, -0.25) is 14.8 Å². The lowest BCUT2D eigenvalue weighted by molar-refractivity contribution is -0.384. The third-order valence-electron chi connectivity index (χ3n) is 6.50. The lowest BCUT2D eigenvalue weighted by Gasteiger charge is -2.37. The fourth-order valence-corrected chi connectivity index (χ4v) is 5.99. The van der Waals surface area contributed by atoms with Crippen molar-refractivity contribution in [3.8, 4) is 5.75 Å². The lowest BCUT2D eigenvalue weighted by atomic mass is 9.77. The third kappa shape index (κ3) is 4.46. The van der Waals surface area contributed by atoms with Crippen LogP contribution in [0.5, 0.6) is 5.75 Å². The van der Waals surface area contributed by atoms with Gasteiger partial charge in [0, 0.05) is 29.4 Å². The molecule has 0 spiro atoms. The second kappa shape index (κ2) is 9.07. The van der Waals surface area contributed by atoms with Crippen LogP contribution in [-0.2, 0) is 10.0 Å². The maximum atomic E-state index is 13.1. The molecular weight excluding hydrogens is 466 g/mol. The molecule has 8 nitrogen and oxygen atoms in total.